The Bertz CT molecular complexity index is 953. The first-order valence-electron chi connectivity index (χ1n) is 9.02. The van der Waals surface area contributed by atoms with E-state index in [4.69, 9.17) is 0 Å². The van der Waals surface area contributed by atoms with Gasteiger partial charge in [0.25, 0.3) is 0 Å². The van der Waals surface area contributed by atoms with Gasteiger partial charge in [0.15, 0.2) is 5.78 Å². The number of hydrogen-bond acceptors (Lipinski definition) is 1. The molecule has 3 aromatic carbocycles. The molecule has 122 valence electrons. The lowest BCUT2D eigenvalue weighted by molar-refractivity contribution is 0.0790. The molecule has 2 atom stereocenters. The van der Waals surface area contributed by atoms with Crippen molar-refractivity contribution in [2.24, 2.45) is 5.41 Å². The van der Waals surface area contributed by atoms with E-state index in [0.717, 1.165) is 24.8 Å². The van der Waals surface area contributed by atoms with Crippen molar-refractivity contribution in [1.29, 1.82) is 0 Å². The lowest BCUT2D eigenvalue weighted by Crippen LogP contribution is -2.34. The lowest BCUT2D eigenvalue weighted by atomic mass is 9.70. The highest BCUT2D eigenvalue weighted by atomic mass is 16.1. The molecule has 1 nitrogen and oxygen atoms in total. The minimum Gasteiger partial charge on any atom is -0.293 e. The third-order valence-electron chi connectivity index (χ3n) is 6.11. The van der Waals surface area contributed by atoms with Crippen LogP contribution in [0, 0.1) is 5.41 Å². The van der Waals surface area contributed by atoms with Crippen LogP contribution in [-0.4, -0.2) is 5.78 Å². The van der Waals surface area contributed by atoms with Crippen LogP contribution in [0.1, 0.15) is 38.5 Å². The van der Waals surface area contributed by atoms with Crippen LogP contribution in [0.5, 0.6) is 0 Å². The normalized spacial score (nSPS) is 23.7. The first-order chi connectivity index (χ1) is 12.3. The van der Waals surface area contributed by atoms with E-state index in [1.54, 1.807) is 0 Å². The van der Waals surface area contributed by atoms with Crippen molar-refractivity contribution >= 4 is 5.78 Å². The molecular formula is C24H20O. The van der Waals surface area contributed by atoms with Gasteiger partial charge in [0.2, 0.25) is 0 Å². The average Bonchev–Trinajstić information content (AvgIpc) is 3.12. The summed E-state index contributed by atoms with van der Waals surface area (Å²) in [4.78, 5) is 13.5. The molecule has 0 amide bonds. The van der Waals surface area contributed by atoms with Crippen molar-refractivity contribution in [3.63, 3.8) is 0 Å². The van der Waals surface area contributed by atoms with Gasteiger partial charge in [-0.05, 0) is 41.5 Å². The Labute approximate surface area is 148 Å². The fourth-order valence-corrected chi connectivity index (χ4v) is 4.96. The number of hydrogen-bond donors (Lipinski definition) is 0. The first kappa shape index (κ1) is 14.7. The molecule has 25 heavy (non-hydrogen) atoms. The van der Waals surface area contributed by atoms with E-state index in [0.29, 0.717) is 5.78 Å². The molecule has 0 aliphatic heterocycles. The number of carbonyl (C=O) groups excluding carboxylic acids is 1. The van der Waals surface area contributed by atoms with Crippen LogP contribution in [0.25, 0.3) is 0 Å². The summed E-state index contributed by atoms with van der Waals surface area (Å²) in [7, 11) is 0. The number of fused-ring (bicyclic) bond motifs is 2. The van der Waals surface area contributed by atoms with Crippen molar-refractivity contribution in [3.05, 3.63) is 107 Å². The minimum absolute atomic E-state index is 0.256. The van der Waals surface area contributed by atoms with Crippen LogP contribution >= 0.6 is 0 Å². The lowest BCUT2D eigenvalue weighted by Gasteiger charge is -2.30. The van der Waals surface area contributed by atoms with Gasteiger partial charge >= 0.3 is 0 Å². The van der Waals surface area contributed by atoms with Crippen molar-refractivity contribution in [2.75, 3.05) is 0 Å². The highest BCUT2D eigenvalue weighted by Crippen LogP contribution is 2.55. The number of rotatable bonds is 2. The Kier molecular flexibility index (Phi) is 3.18. The van der Waals surface area contributed by atoms with Crippen LogP contribution in [0.3, 0.4) is 0 Å². The van der Waals surface area contributed by atoms with Crippen molar-refractivity contribution in [3.8, 4) is 0 Å². The molecule has 0 unspecified atom stereocenters. The molecule has 2 aliphatic rings. The van der Waals surface area contributed by atoms with Gasteiger partial charge in [0.1, 0.15) is 0 Å². The quantitative estimate of drug-likeness (QED) is 0.649. The minimum atomic E-state index is -0.302. The first-order valence-corrected chi connectivity index (χ1v) is 9.02. The van der Waals surface area contributed by atoms with E-state index in [9.17, 15) is 4.79 Å². The molecule has 1 heteroatoms. The smallest absolute Gasteiger partial charge is 0.170 e. The van der Waals surface area contributed by atoms with E-state index < -0.39 is 0 Å². The summed E-state index contributed by atoms with van der Waals surface area (Å²) in [5.41, 5.74) is 5.89. The molecule has 2 aliphatic carbocycles. The summed E-state index contributed by atoms with van der Waals surface area (Å²) in [6.45, 7) is 0. The molecule has 0 fully saturated rings. The Morgan fingerprint density at radius 3 is 2.20 bits per heavy atom. The van der Waals surface area contributed by atoms with Gasteiger partial charge in [-0.3, -0.25) is 4.79 Å². The fraction of sp³-hybridized carbons (Fsp3) is 0.208. The molecule has 0 saturated heterocycles. The standard InChI is InChI=1S/C24H20O/c25-23-21-13-7-5-11-19(21)16-24(23)15-18-10-4-6-12-20(18)22(24)14-17-8-2-1-3-9-17/h1-13,22H,14-16H2/t22-,24-/m1/s1. The Morgan fingerprint density at radius 2 is 1.40 bits per heavy atom. The highest BCUT2D eigenvalue weighted by molar-refractivity contribution is 6.06. The Morgan fingerprint density at radius 1 is 0.760 bits per heavy atom. The van der Waals surface area contributed by atoms with Crippen LogP contribution in [-0.2, 0) is 19.3 Å². The van der Waals surface area contributed by atoms with Crippen LogP contribution in [0.2, 0.25) is 0 Å². The van der Waals surface area contributed by atoms with E-state index in [2.05, 4.69) is 66.7 Å². The van der Waals surface area contributed by atoms with Gasteiger partial charge in [-0.1, -0.05) is 78.9 Å². The molecule has 0 N–H and O–H groups in total. The molecule has 0 bridgehead atoms. The van der Waals surface area contributed by atoms with Crippen LogP contribution in [0.4, 0.5) is 0 Å². The zero-order chi connectivity index (χ0) is 16.9. The Balaban J connectivity index is 1.63. The maximum absolute atomic E-state index is 13.5. The summed E-state index contributed by atoms with van der Waals surface area (Å²) in [5.74, 6) is 0.603. The number of carbonyl (C=O) groups is 1. The van der Waals surface area contributed by atoms with E-state index in [-0.39, 0.29) is 11.3 Å². The SMILES string of the molecule is O=C1c2ccccc2C[C@@]12Cc1ccccc1[C@H]2Cc1ccccc1. The van der Waals surface area contributed by atoms with Gasteiger partial charge in [0.05, 0.1) is 0 Å². The molecule has 3 aromatic rings. The second-order valence-corrected chi connectivity index (χ2v) is 7.44. The van der Waals surface area contributed by atoms with Crippen molar-refractivity contribution in [2.45, 2.75) is 25.2 Å². The Hall–Kier alpha value is -2.67. The predicted octanol–water partition coefficient (Wildman–Crippen LogP) is 4.99. The third kappa shape index (κ3) is 2.12. The fourth-order valence-electron chi connectivity index (χ4n) is 4.96. The third-order valence-corrected chi connectivity index (χ3v) is 6.11. The molecule has 0 aromatic heterocycles. The monoisotopic (exact) mass is 324 g/mol. The molecule has 0 radical (unpaired) electrons. The van der Waals surface area contributed by atoms with E-state index in [1.165, 1.54) is 22.3 Å². The molecule has 1 spiro atoms. The second-order valence-electron chi connectivity index (χ2n) is 7.44. The van der Waals surface area contributed by atoms with E-state index >= 15 is 0 Å². The summed E-state index contributed by atoms with van der Waals surface area (Å²) in [6, 6.07) is 27.4. The van der Waals surface area contributed by atoms with Gasteiger partial charge in [0, 0.05) is 16.9 Å². The second kappa shape index (κ2) is 5.42. The van der Waals surface area contributed by atoms with Gasteiger partial charge in [-0.15, -0.1) is 0 Å². The van der Waals surface area contributed by atoms with Gasteiger partial charge in [-0.25, -0.2) is 0 Å². The number of Topliss-reactive ketones (excluding diaryl/α,β-unsaturated/α-hetero) is 1. The highest BCUT2D eigenvalue weighted by Gasteiger charge is 2.54. The molecular weight excluding hydrogens is 304 g/mol. The van der Waals surface area contributed by atoms with Crippen molar-refractivity contribution in [1.82, 2.24) is 0 Å². The average molecular weight is 324 g/mol. The number of ketones is 1. The largest absolute Gasteiger partial charge is 0.293 e. The summed E-state index contributed by atoms with van der Waals surface area (Å²) in [6.07, 6.45) is 2.67. The summed E-state index contributed by atoms with van der Waals surface area (Å²) >= 11 is 0. The molecule has 0 heterocycles. The molecule has 5 rings (SSSR count). The van der Waals surface area contributed by atoms with Gasteiger partial charge < -0.3 is 0 Å². The number of benzene rings is 3. The maximum atomic E-state index is 13.5. The maximum Gasteiger partial charge on any atom is 0.170 e. The predicted molar refractivity (Wildman–Crippen MR) is 99.9 cm³/mol. The zero-order valence-corrected chi connectivity index (χ0v) is 14.1. The van der Waals surface area contributed by atoms with Gasteiger partial charge in [-0.2, -0.15) is 0 Å². The summed E-state index contributed by atoms with van der Waals surface area (Å²) in [5, 5.41) is 0. The molecule has 0 saturated carbocycles. The topological polar surface area (TPSA) is 17.1 Å². The van der Waals surface area contributed by atoms with E-state index in [1.807, 2.05) is 12.1 Å². The van der Waals surface area contributed by atoms with Crippen LogP contribution < -0.4 is 0 Å². The zero-order valence-electron chi connectivity index (χ0n) is 14.1. The van der Waals surface area contributed by atoms with Crippen molar-refractivity contribution < 1.29 is 4.79 Å². The summed E-state index contributed by atoms with van der Waals surface area (Å²) < 4.78 is 0. The van der Waals surface area contributed by atoms with Crippen LogP contribution in [0.15, 0.2) is 78.9 Å².